The lowest BCUT2D eigenvalue weighted by molar-refractivity contribution is -0.120. The van der Waals surface area contributed by atoms with Crippen LogP contribution in [0.5, 0.6) is 0 Å². The quantitative estimate of drug-likeness (QED) is 0.595. The van der Waals surface area contributed by atoms with Gasteiger partial charge in [-0.1, -0.05) is 22.0 Å². The number of nitrogens with one attached hydrogen (secondary N) is 1. The van der Waals surface area contributed by atoms with Crippen LogP contribution in [0.4, 0.5) is 5.69 Å². The SMILES string of the molecule is Cc1cc(NC(=O)[C@H]2CCCN(S(=O)(=O)c3cccc4nsnc34)C2)ccc1Br. The van der Waals surface area contributed by atoms with Crippen molar-refractivity contribution in [1.29, 1.82) is 0 Å². The fourth-order valence-corrected chi connectivity index (χ4v) is 5.99. The highest BCUT2D eigenvalue weighted by molar-refractivity contribution is 9.10. The molecule has 1 atom stereocenters. The molecule has 152 valence electrons. The largest absolute Gasteiger partial charge is 0.326 e. The van der Waals surface area contributed by atoms with Gasteiger partial charge in [0.15, 0.2) is 0 Å². The Kier molecular flexibility index (Phi) is 5.69. The maximum absolute atomic E-state index is 13.2. The van der Waals surface area contributed by atoms with Crippen molar-refractivity contribution < 1.29 is 13.2 Å². The zero-order valence-corrected chi connectivity index (χ0v) is 18.8. The number of halogens is 1. The van der Waals surface area contributed by atoms with Gasteiger partial charge >= 0.3 is 0 Å². The van der Waals surface area contributed by atoms with Crippen molar-refractivity contribution in [3.05, 3.63) is 46.4 Å². The molecule has 10 heteroatoms. The first kappa shape index (κ1) is 20.4. The van der Waals surface area contributed by atoms with Crippen molar-refractivity contribution in [3.8, 4) is 0 Å². The van der Waals surface area contributed by atoms with Crippen molar-refractivity contribution >= 4 is 60.3 Å². The van der Waals surface area contributed by atoms with Crippen LogP contribution in [0.3, 0.4) is 0 Å². The van der Waals surface area contributed by atoms with Crippen LogP contribution in [0.2, 0.25) is 0 Å². The van der Waals surface area contributed by atoms with Crippen molar-refractivity contribution in [3.63, 3.8) is 0 Å². The Bertz CT molecular complexity index is 1180. The number of hydrogen-bond donors (Lipinski definition) is 1. The van der Waals surface area contributed by atoms with Gasteiger partial charge in [0.1, 0.15) is 15.9 Å². The predicted octanol–water partition coefficient (Wildman–Crippen LogP) is 3.80. The summed E-state index contributed by atoms with van der Waals surface area (Å²) in [7, 11) is -3.76. The van der Waals surface area contributed by atoms with Crippen molar-refractivity contribution in [2.24, 2.45) is 5.92 Å². The Morgan fingerprint density at radius 1 is 1.28 bits per heavy atom. The summed E-state index contributed by atoms with van der Waals surface area (Å²) in [6.07, 6.45) is 1.28. The molecule has 4 rings (SSSR count). The first-order valence-electron chi connectivity index (χ1n) is 9.15. The minimum absolute atomic E-state index is 0.147. The van der Waals surface area contributed by atoms with E-state index in [-0.39, 0.29) is 17.3 Å². The van der Waals surface area contributed by atoms with Crippen molar-refractivity contribution in [2.45, 2.75) is 24.7 Å². The average Bonchev–Trinajstić information content (AvgIpc) is 3.19. The van der Waals surface area contributed by atoms with E-state index in [9.17, 15) is 13.2 Å². The standard InChI is InChI=1S/C19H19BrN4O3S2/c1-12-10-14(7-8-15(12)20)21-19(25)13-4-3-9-24(11-13)29(26,27)17-6-2-5-16-18(17)23-28-22-16/h2,5-8,10,13H,3-4,9,11H2,1H3,(H,21,25)/t13-/m0/s1. The van der Waals surface area contributed by atoms with Crippen molar-refractivity contribution in [1.82, 2.24) is 13.1 Å². The van der Waals surface area contributed by atoms with Crippen LogP contribution in [0, 0.1) is 12.8 Å². The van der Waals surface area contributed by atoms with E-state index in [0.29, 0.717) is 36.1 Å². The number of piperidine rings is 1. The van der Waals surface area contributed by atoms with Gasteiger partial charge < -0.3 is 5.32 Å². The molecule has 2 heterocycles. The number of benzene rings is 2. The highest BCUT2D eigenvalue weighted by Crippen LogP contribution is 2.29. The molecule has 7 nitrogen and oxygen atoms in total. The molecule has 1 amide bonds. The number of rotatable bonds is 4. The molecular formula is C19H19BrN4O3S2. The van der Waals surface area contributed by atoms with E-state index in [1.807, 2.05) is 25.1 Å². The second-order valence-corrected chi connectivity index (χ2v) is 10.3. The van der Waals surface area contributed by atoms with E-state index in [1.54, 1.807) is 18.2 Å². The zero-order chi connectivity index (χ0) is 20.6. The molecule has 0 aliphatic carbocycles. The summed E-state index contributed by atoms with van der Waals surface area (Å²) in [5, 5.41) is 2.92. The Balaban J connectivity index is 1.53. The van der Waals surface area contributed by atoms with Gasteiger partial charge in [-0.05, 0) is 55.7 Å². The van der Waals surface area contributed by atoms with E-state index in [2.05, 4.69) is 30.0 Å². The van der Waals surface area contributed by atoms with Gasteiger partial charge in [-0.2, -0.15) is 13.1 Å². The van der Waals surface area contributed by atoms with Gasteiger partial charge in [-0.25, -0.2) is 8.42 Å². The molecular weight excluding hydrogens is 476 g/mol. The molecule has 1 aliphatic rings. The third-order valence-electron chi connectivity index (χ3n) is 5.05. The summed E-state index contributed by atoms with van der Waals surface area (Å²) in [4.78, 5) is 12.9. The van der Waals surface area contributed by atoms with E-state index in [1.165, 1.54) is 4.31 Å². The first-order chi connectivity index (χ1) is 13.9. The summed E-state index contributed by atoms with van der Waals surface area (Å²) in [5.74, 6) is -0.574. The van der Waals surface area contributed by atoms with Crippen LogP contribution in [-0.2, 0) is 14.8 Å². The molecule has 1 aromatic heterocycles. The normalized spacial score (nSPS) is 18.1. The Morgan fingerprint density at radius 2 is 2.10 bits per heavy atom. The molecule has 1 saturated heterocycles. The van der Waals surface area contributed by atoms with E-state index < -0.39 is 15.9 Å². The molecule has 3 aromatic rings. The van der Waals surface area contributed by atoms with E-state index in [4.69, 9.17) is 0 Å². The third-order valence-corrected chi connectivity index (χ3v) is 8.38. The maximum Gasteiger partial charge on any atom is 0.245 e. The Labute approximate surface area is 181 Å². The maximum atomic E-state index is 13.2. The zero-order valence-electron chi connectivity index (χ0n) is 15.6. The summed E-state index contributed by atoms with van der Waals surface area (Å²) >= 11 is 4.43. The molecule has 0 bridgehead atoms. The lowest BCUT2D eigenvalue weighted by Gasteiger charge is -2.31. The van der Waals surface area contributed by atoms with E-state index in [0.717, 1.165) is 21.8 Å². The molecule has 2 aromatic carbocycles. The first-order valence-corrected chi connectivity index (χ1v) is 12.1. The second-order valence-electron chi connectivity index (χ2n) is 7.04. The summed E-state index contributed by atoms with van der Waals surface area (Å²) < 4.78 is 37.1. The number of anilines is 1. The number of carbonyl (C=O) groups is 1. The van der Waals surface area contributed by atoms with E-state index >= 15 is 0 Å². The predicted molar refractivity (Wildman–Crippen MR) is 116 cm³/mol. The van der Waals surface area contributed by atoms with Crippen LogP contribution in [0.1, 0.15) is 18.4 Å². The second kappa shape index (κ2) is 8.10. The summed E-state index contributed by atoms with van der Waals surface area (Å²) in [6, 6.07) is 10.5. The summed E-state index contributed by atoms with van der Waals surface area (Å²) in [6.45, 7) is 2.48. The minimum Gasteiger partial charge on any atom is -0.326 e. The number of aryl methyl sites for hydroxylation is 1. The monoisotopic (exact) mass is 494 g/mol. The molecule has 0 radical (unpaired) electrons. The Morgan fingerprint density at radius 3 is 2.90 bits per heavy atom. The van der Waals surface area contributed by atoms with Crippen LogP contribution < -0.4 is 5.32 Å². The van der Waals surface area contributed by atoms with Gasteiger partial charge in [0.05, 0.1) is 17.6 Å². The number of sulfonamides is 1. The number of hydrogen-bond acceptors (Lipinski definition) is 6. The molecule has 0 saturated carbocycles. The van der Waals surface area contributed by atoms with Gasteiger partial charge in [0.25, 0.3) is 0 Å². The molecule has 0 spiro atoms. The highest BCUT2D eigenvalue weighted by Gasteiger charge is 2.34. The van der Waals surface area contributed by atoms with Crippen LogP contribution in [0.15, 0.2) is 45.8 Å². The molecule has 0 unspecified atom stereocenters. The number of aromatic nitrogens is 2. The summed E-state index contributed by atoms with van der Waals surface area (Å²) in [5.41, 5.74) is 2.66. The molecule has 1 aliphatic heterocycles. The topological polar surface area (TPSA) is 92.3 Å². The molecule has 1 N–H and O–H groups in total. The van der Waals surface area contributed by atoms with Gasteiger partial charge in [-0.15, -0.1) is 0 Å². The lowest BCUT2D eigenvalue weighted by Crippen LogP contribution is -2.43. The number of carbonyl (C=O) groups excluding carboxylic acids is 1. The van der Waals surface area contributed by atoms with Gasteiger partial charge in [-0.3, -0.25) is 4.79 Å². The lowest BCUT2D eigenvalue weighted by atomic mass is 9.98. The van der Waals surface area contributed by atoms with Gasteiger partial charge in [0.2, 0.25) is 15.9 Å². The van der Waals surface area contributed by atoms with Crippen LogP contribution >= 0.6 is 27.7 Å². The smallest absolute Gasteiger partial charge is 0.245 e. The highest BCUT2D eigenvalue weighted by atomic mass is 79.9. The number of fused-ring (bicyclic) bond motifs is 1. The van der Waals surface area contributed by atoms with Gasteiger partial charge in [0, 0.05) is 23.2 Å². The number of nitrogens with zero attached hydrogens (tertiary/aromatic N) is 3. The fourth-order valence-electron chi connectivity index (χ4n) is 3.47. The molecule has 1 fully saturated rings. The minimum atomic E-state index is -3.76. The van der Waals surface area contributed by atoms with Crippen LogP contribution in [0.25, 0.3) is 11.0 Å². The average molecular weight is 495 g/mol. The van der Waals surface area contributed by atoms with Crippen molar-refractivity contribution in [2.75, 3.05) is 18.4 Å². The fraction of sp³-hybridized carbons (Fsp3) is 0.316. The third kappa shape index (κ3) is 4.07. The Hall–Kier alpha value is -1.88. The van der Waals surface area contributed by atoms with Crippen LogP contribution in [-0.4, -0.2) is 40.5 Å². The number of amides is 1. The molecule has 29 heavy (non-hydrogen) atoms.